The fourth-order valence-electron chi connectivity index (χ4n) is 3.75. The molecule has 1 aliphatic heterocycles. The van der Waals surface area contributed by atoms with Gasteiger partial charge in [-0.2, -0.15) is 0 Å². The van der Waals surface area contributed by atoms with Crippen LogP contribution in [0.1, 0.15) is 24.0 Å². The van der Waals surface area contributed by atoms with Crippen molar-refractivity contribution in [2.24, 2.45) is 4.99 Å². The average Bonchev–Trinajstić information content (AvgIpc) is 3.25. The van der Waals surface area contributed by atoms with Crippen molar-refractivity contribution in [3.05, 3.63) is 62.4 Å². The first-order valence-electron chi connectivity index (χ1n) is 10.2. The van der Waals surface area contributed by atoms with Crippen molar-refractivity contribution >= 4 is 32.9 Å². The van der Waals surface area contributed by atoms with E-state index >= 15 is 0 Å². The third-order valence-corrected chi connectivity index (χ3v) is 5.88. The van der Waals surface area contributed by atoms with Crippen molar-refractivity contribution in [3.63, 3.8) is 0 Å². The highest BCUT2D eigenvalue weighted by Crippen LogP contribution is 2.28. The summed E-state index contributed by atoms with van der Waals surface area (Å²) in [6.07, 6.45) is 4.01. The van der Waals surface area contributed by atoms with Crippen LogP contribution in [0.4, 0.5) is 0 Å². The number of aromatic amines is 1. The van der Waals surface area contributed by atoms with Gasteiger partial charge in [0.15, 0.2) is 11.5 Å². The third kappa shape index (κ3) is 5.08. The maximum atomic E-state index is 12.1. The maximum Gasteiger partial charge on any atom is 0.258 e. The van der Waals surface area contributed by atoms with Gasteiger partial charge in [-0.15, -0.1) is 0 Å². The van der Waals surface area contributed by atoms with Crippen LogP contribution in [0.5, 0.6) is 17.4 Å². The normalized spacial score (nSPS) is 14.6. The number of hydrogen-bond acceptors (Lipinski definition) is 6. The lowest BCUT2D eigenvalue weighted by atomic mass is 10.1. The number of pyridine rings is 1. The topological polar surface area (TPSA) is 98.2 Å². The van der Waals surface area contributed by atoms with Crippen molar-refractivity contribution < 1.29 is 14.9 Å². The van der Waals surface area contributed by atoms with E-state index in [1.54, 1.807) is 30.3 Å². The minimum Gasteiger partial charge on any atom is -0.504 e. The second-order valence-electron chi connectivity index (χ2n) is 7.58. The summed E-state index contributed by atoms with van der Waals surface area (Å²) < 4.78 is 6.51. The number of nitrogens with zero attached hydrogens (tertiary/aromatic N) is 2. The van der Waals surface area contributed by atoms with Crippen LogP contribution in [0.3, 0.4) is 0 Å². The van der Waals surface area contributed by atoms with Crippen LogP contribution >= 0.6 is 15.9 Å². The van der Waals surface area contributed by atoms with Crippen LogP contribution in [0.25, 0.3) is 10.8 Å². The van der Waals surface area contributed by atoms with Gasteiger partial charge in [0.1, 0.15) is 6.61 Å². The average molecular weight is 486 g/mol. The van der Waals surface area contributed by atoms with E-state index in [2.05, 4.69) is 30.8 Å². The molecule has 0 aliphatic carbocycles. The van der Waals surface area contributed by atoms with E-state index in [0.29, 0.717) is 35.2 Å². The highest BCUT2D eigenvalue weighted by Gasteiger charge is 2.12. The highest BCUT2D eigenvalue weighted by atomic mass is 79.9. The van der Waals surface area contributed by atoms with E-state index in [1.165, 1.54) is 19.1 Å². The zero-order valence-corrected chi connectivity index (χ0v) is 18.6. The van der Waals surface area contributed by atoms with Crippen molar-refractivity contribution in [1.29, 1.82) is 0 Å². The minimum absolute atomic E-state index is 0.0791. The summed E-state index contributed by atoms with van der Waals surface area (Å²) in [6, 6.07) is 10.5. The van der Waals surface area contributed by atoms with Crippen molar-refractivity contribution in [3.8, 4) is 17.4 Å². The van der Waals surface area contributed by atoms with Crippen molar-refractivity contribution in [2.45, 2.75) is 19.4 Å². The van der Waals surface area contributed by atoms with Crippen LogP contribution in [0.2, 0.25) is 0 Å². The number of fused-ring (bicyclic) bond motifs is 1. The van der Waals surface area contributed by atoms with Crippen LogP contribution < -0.4 is 10.3 Å². The molecule has 0 atom stereocenters. The summed E-state index contributed by atoms with van der Waals surface area (Å²) >= 11 is 3.39. The minimum atomic E-state index is -0.359. The fourth-order valence-corrected chi connectivity index (χ4v) is 4.12. The molecule has 2 aromatic carbocycles. The molecule has 31 heavy (non-hydrogen) atoms. The molecule has 0 radical (unpaired) electrons. The smallest absolute Gasteiger partial charge is 0.258 e. The molecule has 1 aliphatic rings. The Bertz CT molecular complexity index is 1170. The van der Waals surface area contributed by atoms with E-state index in [1.807, 2.05) is 6.07 Å². The molecule has 8 heteroatoms. The Kier molecular flexibility index (Phi) is 6.58. The lowest BCUT2D eigenvalue weighted by Crippen LogP contribution is -2.25. The molecule has 0 saturated carbocycles. The molecule has 0 amide bonds. The number of phenolic OH excluding ortho intramolecular Hbond substituents is 1. The van der Waals surface area contributed by atoms with Gasteiger partial charge >= 0.3 is 0 Å². The summed E-state index contributed by atoms with van der Waals surface area (Å²) in [5.41, 5.74) is 0.874. The molecule has 0 unspecified atom stereocenters. The fraction of sp³-hybridized carbons (Fsp3) is 0.304. The summed E-state index contributed by atoms with van der Waals surface area (Å²) in [5, 5.41) is 21.5. The second kappa shape index (κ2) is 9.53. The Morgan fingerprint density at radius 2 is 1.94 bits per heavy atom. The molecule has 1 saturated heterocycles. The van der Waals surface area contributed by atoms with E-state index in [-0.39, 0.29) is 17.2 Å². The van der Waals surface area contributed by atoms with Gasteiger partial charge < -0.3 is 14.9 Å². The molecule has 1 fully saturated rings. The Hall–Kier alpha value is -2.84. The Morgan fingerprint density at radius 3 is 2.71 bits per heavy atom. The van der Waals surface area contributed by atoms with Crippen LogP contribution in [-0.4, -0.2) is 52.6 Å². The van der Waals surface area contributed by atoms with Gasteiger partial charge in [-0.25, -0.2) is 0 Å². The first kappa shape index (κ1) is 21.4. The molecule has 3 aromatic rings. The van der Waals surface area contributed by atoms with Gasteiger partial charge in [0, 0.05) is 28.0 Å². The second-order valence-corrected chi connectivity index (χ2v) is 8.49. The summed E-state index contributed by atoms with van der Waals surface area (Å²) in [7, 11) is 0. The Labute approximate surface area is 188 Å². The van der Waals surface area contributed by atoms with E-state index in [0.717, 1.165) is 29.7 Å². The summed E-state index contributed by atoms with van der Waals surface area (Å²) in [6.45, 7) is 3.93. The SMILES string of the molecule is O=c1[nH]c(O)c(C=NCc2ccc(OCCN3CCCC3)c(O)c2)c2cc(Br)ccc12. The van der Waals surface area contributed by atoms with Gasteiger partial charge in [-0.1, -0.05) is 22.0 Å². The predicted octanol–water partition coefficient (Wildman–Crippen LogP) is 3.80. The number of nitrogens with one attached hydrogen (secondary N) is 1. The lowest BCUT2D eigenvalue weighted by Gasteiger charge is -2.15. The van der Waals surface area contributed by atoms with Crippen LogP contribution in [0, 0.1) is 0 Å². The van der Waals surface area contributed by atoms with E-state index in [4.69, 9.17) is 4.74 Å². The number of aromatic nitrogens is 1. The van der Waals surface area contributed by atoms with E-state index < -0.39 is 0 Å². The largest absolute Gasteiger partial charge is 0.504 e. The molecule has 7 nitrogen and oxygen atoms in total. The number of H-pyrrole nitrogens is 1. The Morgan fingerprint density at radius 1 is 1.13 bits per heavy atom. The third-order valence-electron chi connectivity index (χ3n) is 5.38. The lowest BCUT2D eigenvalue weighted by molar-refractivity contribution is 0.231. The number of halogens is 1. The number of hydrogen-bond donors (Lipinski definition) is 3. The molecular formula is C23H24BrN3O4. The van der Waals surface area contributed by atoms with Crippen LogP contribution in [0.15, 0.2) is 50.7 Å². The number of benzene rings is 2. The summed E-state index contributed by atoms with van der Waals surface area (Å²) in [5.74, 6) is 0.306. The van der Waals surface area contributed by atoms with E-state index in [9.17, 15) is 15.0 Å². The molecule has 4 rings (SSSR count). The number of likely N-dealkylation sites (tertiary alicyclic amines) is 1. The number of ether oxygens (including phenoxy) is 1. The zero-order valence-electron chi connectivity index (χ0n) is 17.0. The first-order chi connectivity index (χ1) is 15.0. The molecule has 162 valence electrons. The summed E-state index contributed by atoms with van der Waals surface area (Å²) in [4.78, 5) is 21.2. The molecule has 2 heterocycles. The number of rotatable bonds is 7. The molecule has 0 spiro atoms. The van der Waals surface area contributed by atoms with Gasteiger partial charge in [0.05, 0.1) is 12.1 Å². The number of aromatic hydroxyl groups is 2. The monoisotopic (exact) mass is 485 g/mol. The van der Waals surface area contributed by atoms with Crippen molar-refractivity contribution in [1.82, 2.24) is 9.88 Å². The van der Waals surface area contributed by atoms with Gasteiger partial charge in [-0.3, -0.25) is 19.7 Å². The maximum absolute atomic E-state index is 12.1. The van der Waals surface area contributed by atoms with Crippen LogP contribution in [-0.2, 0) is 6.54 Å². The quantitative estimate of drug-likeness (QED) is 0.442. The molecule has 3 N–H and O–H groups in total. The zero-order chi connectivity index (χ0) is 21.8. The van der Waals surface area contributed by atoms with Gasteiger partial charge in [0.25, 0.3) is 5.56 Å². The van der Waals surface area contributed by atoms with Gasteiger partial charge in [0.2, 0.25) is 5.88 Å². The highest BCUT2D eigenvalue weighted by molar-refractivity contribution is 9.10. The molecular weight excluding hydrogens is 462 g/mol. The molecule has 1 aromatic heterocycles. The Balaban J connectivity index is 1.44. The standard InChI is InChI=1S/C23H24BrN3O4/c24-16-4-5-17-18(12-16)19(23(30)26-22(17)29)14-25-13-15-3-6-21(20(28)11-15)31-10-9-27-7-1-2-8-27/h3-6,11-12,14,28H,1-2,7-10,13H2,(H2,26,29,30). The van der Waals surface area contributed by atoms with Crippen molar-refractivity contribution in [2.75, 3.05) is 26.2 Å². The number of aliphatic imine (C=N–C) groups is 1. The number of phenols is 1. The predicted molar refractivity (Wildman–Crippen MR) is 125 cm³/mol. The van der Waals surface area contributed by atoms with Gasteiger partial charge in [-0.05, 0) is 61.8 Å². The molecule has 0 bridgehead atoms. The first-order valence-corrected chi connectivity index (χ1v) is 11.0.